The number of rotatable bonds is 5. The Labute approximate surface area is 100 Å². The Bertz CT molecular complexity index is 438. The molecule has 17 heavy (non-hydrogen) atoms. The van der Waals surface area contributed by atoms with E-state index in [1.54, 1.807) is 12.1 Å². The average molecular weight is 234 g/mol. The first-order valence-electron chi connectivity index (χ1n) is 5.48. The van der Waals surface area contributed by atoms with E-state index in [1.165, 1.54) is 6.07 Å². The molecule has 0 bridgehead atoms. The normalized spacial score (nSPS) is 10.1. The molecule has 3 nitrogen and oxygen atoms in total. The third-order valence-electron chi connectivity index (χ3n) is 2.51. The largest absolute Gasteiger partial charge is 0.366 e. The molecule has 1 aromatic carbocycles. The van der Waals surface area contributed by atoms with Gasteiger partial charge < -0.3 is 4.90 Å². The van der Waals surface area contributed by atoms with Gasteiger partial charge in [0, 0.05) is 18.2 Å². The highest BCUT2D eigenvalue weighted by Crippen LogP contribution is 2.22. The number of nitrogens with zero attached hydrogens (tertiary/aromatic N) is 2. The van der Waals surface area contributed by atoms with Gasteiger partial charge in [0.25, 0.3) is 0 Å². The van der Waals surface area contributed by atoms with Crippen LogP contribution in [0.5, 0.6) is 0 Å². The zero-order chi connectivity index (χ0) is 12.8. The molecule has 0 heterocycles. The van der Waals surface area contributed by atoms with Crippen LogP contribution in [-0.4, -0.2) is 18.9 Å². The first-order chi connectivity index (χ1) is 8.10. The summed E-state index contributed by atoms with van der Waals surface area (Å²) < 4.78 is 13.8. The van der Waals surface area contributed by atoms with Gasteiger partial charge in [-0.2, -0.15) is 5.26 Å². The van der Waals surface area contributed by atoms with Gasteiger partial charge in [-0.3, -0.25) is 4.79 Å². The second-order valence-corrected chi connectivity index (χ2v) is 4.02. The highest BCUT2D eigenvalue weighted by molar-refractivity contribution is 5.76. The number of anilines is 1. The van der Waals surface area contributed by atoms with E-state index < -0.39 is 5.82 Å². The maximum absolute atomic E-state index is 13.8. The van der Waals surface area contributed by atoms with Gasteiger partial charge in [-0.05, 0) is 32.0 Å². The first-order valence-corrected chi connectivity index (χ1v) is 5.48. The number of carbonyl (C=O) groups is 1. The molecule has 0 aliphatic heterocycles. The molecule has 0 amide bonds. The topological polar surface area (TPSA) is 44.1 Å². The minimum atomic E-state index is -0.429. The van der Waals surface area contributed by atoms with Crippen LogP contribution >= 0.6 is 0 Å². The molecular formula is C13H15FN2O. The molecule has 90 valence electrons. The minimum absolute atomic E-state index is 0.0972. The van der Waals surface area contributed by atoms with Crippen LogP contribution in [0.1, 0.15) is 30.6 Å². The molecule has 0 fully saturated rings. The van der Waals surface area contributed by atoms with E-state index in [0.717, 1.165) is 0 Å². The van der Waals surface area contributed by atoms with E-state index in [4.69, 9.17) is 5.26 Å². The van der Waals surface area contributed by atoms with Crippen molar-refractivity contribution >= 4 is 12.0 Å². The average Bonchev–Trinajstić information content (AvgIpc) is 2.30. The third-order valence-corrected chi connectivity index (χ3v) is 2.51. The maximum Gasteiger partial charge on any atom is 0.150 e. The minimum Gasteiger partial charge on any atom is -0.366 e. The lowest BCUT2D eigenvalue weighted by atomic mass is 10.1. The highest BCUT2D eigenvalue weighted by atomic mass is 19.1. The van der Waals surface area contributed by atoms with E-state index >= 15 is 0 Å². The van der Waals surface area contributed by atoms with Crippen LogP contribution in [0.4, 0.5) is 10.1 Å². The van der Waals surface area contributed by atoms with Gasteiger partial charge in [0.1, 0.15) is 12.1 Å². The first kappa shape index (κ1) is 13.2. The molecule has 0 aliphatic carbocycles. The summed E-state index contributed by atoms with van der Waals surface area (Å²) in [5.74, 6) is -0.429. The summed E-state index contributed by atoms with van der Waals surface area (Å²) in [7, 11) is 0. The number of aldehydes is 1. The van der Waals surface area contributed by atoms with E-state index in [0.29, 0.717) is 30.5 Å². The van der Waals surface area contributed by atoms with Gasteiger partial charge in [-0.1, -0.05) is 0 Å². The van der Waals surface area contributed by atoms with E-state index in [9.17, 15) is 9.18 Å². The quantitative estimate of drug-likeness (QED) is 0.736. The lowest BCUT2D eigenvalue weighted by Gasteiger charge is -2.28. The second-order valence-electron chi connectivity index (χ2n) is 4.02. The predicted octanol–water partition coefficient (Wildman–Crippen LogP) is 2.77. The molecule has 0 unspecified atom stereocenters. The van der Waals surface area contributed by atoms with Crippen LogP contribution in [0.25, 0.3) is 0 Å². The van der Waals surface area contributed by atoms with E-state index in [-0.39, 0.29) is 6.04 Å². The Kier molecular flexibility index (Phi) is 4.65. The number of hydrogen-bond donors (Lipinski definition) is 0. The van der Waals surface area contributed by atoms with Crippen LogP contribution in [0.3, 0.4) is 0 Å². The Morgan fingerprint density at radius 3 is 2.71 bits per heavy atom. The molecule has 0 radical (unpaired) electrons. The fourth-order valence-electron chi connectivity index (χ4n) is 1.66. The van der Waals surface area contributed by atoms with Crippen molar-refractivity contribution < 1.29 is 9.18 Å². The summed E-state index contributed by atoms with van der Waals surface area (Å²) in [4.78, 5) is 12.3. The van der Waals surface area contributed by atoms with Crippen LogP contribution in [-0.2, 0) is 0 Å². The maximum atomic E-state index is 13.8. The summed E-state index contributed by atoms with van der Waals surface area (Å²) in [6.07, 6.45) is 0.953. The Morgan fingerprint density at radius 1 is 1.53 bits per heavy atom. The molecule has 0 aliphatic rings. The molecule has 1 rings (SSSR count). The fourth-order valence-corrected chi connectivity index (χ4v) is 1.66. The lowest BCUT2D eigenvalue weighted by molar-refractivity contribution is 0.112. The van der Waals surface area contributed by atoms with Crippen LogP contribution in [0.2, 0.25) is 0 Å². The lowest BCUT2D eigenvalue weighted by Crippen LogP contribution is -2.32. The highest BCUT2D eigenvalue weighted by Gasteiger charge is 2.14. The van der Waals surface area contributed by atoms with Crippen molar-refractivity contribution in [3.8, 4) is 6.07 Å². The van der Waals surface area contributed by atoms with Crippen LogP contribution in [0, 0.1) is 17.1 Å². The van der Waals surface area contributed by atoms with Crippen molar-refractivity contribution in [2.75, 3.05) is 11.4 Å². The Hall–Kier alpha value is -1.89. The zero-order valence-electron chi connectivity index (χ0n) is 9.98. The number of halogens is 1. The van der Waals surface area contributed by atoms with Gasteiger partial charge in [-0.25, -0.2) is 4.39 Å². The molecule has 0 saturated carbocycles. The van der Waals surface area contributed by atoms with Crippen molar-refractivity contribution in [2.45, 2.75) is 26.3 Å². The van der Waals surface area contributed by atoms with Gasteiger partial charge >= 0.3 is 0 Å². The molecule has 0 spiro atoms. The van der Waals surface area contributed by atoms with Crippen molar-refractivity contribution in [1.29, 1.82) is 5.26 Å². The predicted molar refractivity (Wildman–Crippen MR) is 64.5 cm³/mol. The molecule has 0 aromatic heterocycles. The second kappa shape index (κ2) is 6.00. The standard InChI is InChI=1S/C13H15FN2O/c1-10(2)16(7-3-6-15)13-5-4-11(9-17)8-12(13)14/h4-5,8-10H,3,7H2,1-2H3. The van der Waals surface area contributed by atoms with Crippen molar-refractivity contribution in [2.24, 2.45) is 0 Å². The summed E-state index contributed by atoms with van der Waals surface area (Å²) in [5, 5.41) is 8.58. The fraction of sp³-hybridized carbons (Fsp3) is 0.385. The van der Waals surface area contributed by atoms with Gasteiger partial charge in [-0.15, -0.1) is 0 Å². The van der Waals surface area contributed by atoms with Crippen molar-refractivity contribution in [3.63, 3.8) is 0 Å². The summed E-state index contributed by atoms with van der Waals surface area (Å²) in [6, 6.07) is 6.51. The SMILES string of the molecule is CC(C)N(CCC#N)c1ccc(C=O)cc1F. The monoisotopic (exact) mass is 234 g/mol. The summed E-state index contributed by atoms with van der Waals surface area (Å²) >= 11 is 0. The van der Waals surface area contributed by atoms with Gasteiger partial charge in [0.2, 0.25) is 0 Å². The van der Waals surface area contributed by atoms with Crippen LogP contribution in [0.15, 0.2) is 18.2 Å². The Morgan fingerprint density at radius 2 is 2.24 bits per heavy atom. The molecule has 4 heteroatoms. The van der Waals surface area contributed by atoms with Crippen molar-refractivity contribution in [1.82, 2.24) is 0 Å². The van der Waals surface area contributed by atoms with E-state index in [2.05, 4.69) is 0 Å². The number of hydrogen-bond acceptors (Lipinski definition) is 3. The van der Waals surface area contributed by atoms with Gasteiger partial charge in [0.05, 0.1) is 18.2 Å². The number of carbonyl (C=O) groups excluding carboxylic acids is 1. The molecule has 0 saturated heterocycles. The van der Waals surface area contributed by atoms with Crippen LogP contribution < -0.4 is 4.90 Å². The third kappa shape index (κ3) is 3.28. The molecule has 1 aromatic rings. The molecular weight excluding hydrogens is 219 g/mol. The molecule has 0 N–H and O–H groups in total. The number of nitriles is 1. The molecule has 0 atom stereocenters. The smallest absolute Gasteiger partial charge is 0.150 e. The Balaban J connectivity index is 3.02. The zero-order valence-corrected chi connectivity index (χ0v) is 9.98. The van der Waals surface area contributed by atoms with E-state index in [1.807, 2.05) is 24.8 Å². The number of benzene rings is 1. The van der Waals surface area contributed by atoms with Gasteiger partial charge in [0.15, 0.2) is 0 Å². The summed E-state index contributed by atoms with van der Waals surface area (Å²) in [5.41, 5.74) is 0.746. The summed E-state index contributed by atoms with van der Waals surface area (Å²) in [6.45, 7) is 4.35. The van der Waals surface area contributed by atoms with Crippen molar-refractivity contribution in [3.05, 3.63) is 29.6 Å².